The molecule has 558 valence electrons. The molecule has 1 aromatic carbocycles. The quantitative estimate of drug-likeness (QED) is 0.0588. The number of ketones is 1. The second kappa shape index (κ2) is 38.2. The number of hydrogen-bond acceptors (Lipinski definition) is 36. The van der Waals surface area contributed by atoms with Gasteiger partial charge < -0.3 is 174 Å². The maximum Gasteiger partial charge on any atom is 2.00 e. The topological polar surface area (TPSA) is 571 Å². The van der Waals surface area contributed by atoms with Gasteiger partial charge in [0.1, 0.15) is 171 Å². The van der Waals surface area contributed by atoms with Crippen molar-refractivity contribution in [2.75, 3.05) is 46.2 Å². The Kier molecular flexibility index (Phi) is 31.9. The zero-order chi connectivity index (χ0) is 71.0. The molecule has 0 unspecified atom stereocenters. The molecule has 36 nitrogen and oxygen atoms in total. The number of rotatable bonds is 10. The van der Waals surface area contributed by atoms with Gasteiger partial charge in [-0.05, 0) is 88.1 Å². The molecule has 0 aromatic heterocycles. The fourth-order valence-electron chi connectivity index (χ4n) is 12.1. The summed E-state index contributed by atoms with van der Waals surface area (Å²) in [7, 11) is 0. The molecule has 21 heterocycles. The number of carbonyl (C=O) groups is 1. The van der Waals surface area contributed by atoms with Crippen LogP contribution in [-0.2, 0) is 83.4 Å². The molecule has 38 heteroatoms. The molecule has 14 bridgehead atoms. The van der Waals surface area contributed by atoms with Gasteiger partial charge in [0.05, 0.1) is 46.2 Å². The summed E-state index contributed by atoms with van der Waals surface area (Å²) in [6.45, 7) is -7.33. The van der Waals surface area contributed by atoms with Gasteiger partial charge >= 0.3 is 17.1 Å². The molecule has 1 aromatic rings. The Morgan fingerprint density at radius 2 is 0.495 bits per heavy atom. The van der Waals surface area contributed by atoms with E-state index in [1.807, 2.05) is 88.1 Å². The molecule has 21 saturated heterocycles. The molecule has 23 fully saturated rings. The van der Waals surface area contributed by atoms with Gasteiger partial charge in [0, 0.05) is 16.0 Å². The van der Waals surface area contributed by atoms with Crippen LogP contribution in [0.5, 0.6) is 0 Å². The number of carbonyl (C=O) groups excluding carboxylic acids is 1. The molecule has 99 heavy (non-hydrogen) atoms. The van der Waals surface area contributed by atoms with E-state index in [-0.39, 0.29) is 22.9 Å². The van der Waals surface area contributed by atoms with Gasteiger partial charge in [-0.3, -0.25) is 4.79 Å². The Bertz CT molecular complexity index is 2210. The average Bonchev–Trinajstić information content (AvgIpc) is 1.10. The van der Waals surface area contributed by atoms with Crippen LogP contribution in [0.1, 0.15) is 10.4 Å². The minimum absolute atomic E-state index is 0. The number of aliphatic hydroxyl groups excluding tert-OH is 21. The number of hydrogen-bond donors (Lipinski definition) is 21. The molecular formula is C61H85BrFeO36+2. The van der Waals surface area contributed by atoms with Crippen molar-refractivity contribution >= 4 is 21.7 Å². The summed E-state index contributed by atoms with van der Waals surface area (Å²) < 4.78 is 80.4. The summed E-state index contributed by atoms with van der Waals surface area (Å²) in [6, 6.07) is 7.34. The predicted molar refractivity (Wildman–Crippen MR) is 318 cm³/mol. The van der Waals surface area contributed by atoms with E-state index in [1.54, 1.807) is 6.08 Å². The van der Waals surface area contributed by atoms with Crippen LogP contribution >= 0.6 is 15.9 Å². The summed E-state index contributed by atoms with van der Waals surface area (Å²) in [6.07, 6.45) is -49.0. The Morgan fingerprint density at radius 3 is 0.677 bits per heavy atom. The Balaban J connectivity index is 0.000000480. The first-order chi connectivity index (χ1) is 46.9. The molecule has 10 radical (unpaired) electrons. The molecule has 2 aliphatic carbocycles. The predicted octanol–water partition coefficient (Wildman–Crippen LogP) is -10.6. The molecule has 2 saturated carbocycles. The van der Waals surface area contributed by atoms with Crippen molar-refractivity contribution in [3.05, 3.63) is 110 Å². The third-order valence-electron chi connectivity index (χ3n) is 17.6. The minimum atomic E-state index is -2.21. The van der Waals surface area contributed by atoms with Crippen LogP contribution in [0.2, 0.25) is 0 Å². The van der Waals surface area contributed by atoms with Gasteiger partial charge in [0.25, 0.3) is 0 Å². The molecule has 35 atom stereocenters. The normalized spacial score (nSPS) is 47.0. The number of allylic oxidation sites excluding steroid dienone is 2. The first-order valence-corrected chi connectivity index (χ1v) is 32.0. The molecular weight excluding hydrogens is 1440 g/mol. The number of ether oxygens (including phenoxy) is 14. The van der Waals surface area contributed by atoms with E-state index >= 15 is 0 Å². The van der Waals surface area contributed by atoms with Gasteiger partial charge in [-0.15, -0.1) is 0 Å². The summed E-state index contributed by atoms with van der Waals surface area (Å²) in [5.74, 6) is 1.07. The van der Waals surface area contributed by atoms with Gasteiger partial charge in [-0.25, -0.2) is 0 Å². The zero-order valence-electron chi connectivity index (χ0n) is 52.1. The Labute approximate surface area is 586 Å². The van der Waals surface area contributed by atoms with Crippen LogP contribution in [0.25, 0.3) is 0 Å². The maximum atomic E-state index is 11.7. The zero-order valence-corrected chi connectivity index (χ0v) is 54.8. The smallest absolute Gasteiger partial charge is 0.394 e. The second-order valence-corrected chi connectivity index (χ2v) is 25.0. The molecule has 0 amide bonds. The average molecular weight is 1530 g/mol. The van der Waals surface area contributed by atoms with Gasteiger partial charge in [-0.1, -0.05) is 22.0 Å². The van der Waals surface area contributed by atoms with Crippen LogP contribution < -0.4 is 0 Å². The molecule has 24 rings (SSSR count). The largest absolute Gasteiger partial charge is 2.00 e. The van der Waals surface area contributed by atoms with Crippen LogP contribution in [0.15, 0.2) is 40.9 Å². The van der Waals surface area contributed by atoms with Gasteiger partial charge in [0.15, 0.2) is 49.8 Å². The molecule has 0 spiro atoms. The van der Waals surface area contributed by atoms with Crippen LogP contribution in [0.3, 0.4) is 0 Å². The van der Waals surface area contributed by atoms with E-state index in [4.69, 9.17) is 66.3 Å². The molecule has 21 aliphatic heterocycles. The van der Waals surface area contributed by atoms with Crippen molar-refractivity contribution in [2.24, 2.45) is 0 Å². The van der Waals surface area contributed by atoms with Crippen molar-refractivity contribution in [1.29, 1.82) is 0 Å². The van der Waals surface area contributed by atoms with Crippen LogP contribution in [0, 0.1) is 63.7 Å². The Morgan fingerprint density at radius 1 is 0.303 bits per heavy atom. The summed E-state index contributed by atoms with van der Waals surface area (Å²) in [5.41, 5.74) is 0.700. The fraction of sp³-hybridized carbons (Fsp3) is 0.689. The van der Waals surface area contributed by atoms with Crippen LogP contribution in [-0.4, -0.2) is 374 Å². The first kappa shape index (κ1) is 82.9. The number of benzene rings is 1. The van der Waals surface area contributed by atoms with Crippen molar-refractivity contribution < 1.29 is 195 Å². The summed E-state index contributed by atoms with van der Waals surface area (Å²) in [4.78, 5) is 11.7. The Hall–Kier alpha value is -1.77. The van der Waals surface area contributed by atoms with Crippen LogP contribution in [0.4, 0.5) is 0 Å². The number of aliphatic hydroxyl groups is 21. The van der Waals surface area contributed by atoms with Gasteiger partial charge in [0.2, 0.25) is 0 Å². The first-order valence-electron chi connectivity index (χ1n) is 31.2. The standard InChI is InChI=1S/C42H70O35.C14H10BrO.C5H5.Fe/c43-1-8-29-15(50)22(57)36(64-8)72-30-9(2-44)66-38(24(59)17(30)52)74-32-11(4-46)68-40(26(61)19(32)54)76-34-13(6-48)70-42(28(63)21(34)56)77-35-14(7-49)69-41(27(62)20(35)55)75-33-12(5-47)67-39(25(60)18(33)53)73-31-10(3-45)65-37(71-29)23(58)16(31)51;15-13-8-6-12(7-9-13)14(16)10-5-11-3-1-2-4-11;1-2-4-5-3-1;/h8-63H,1-7H2;1-10H;1-5H;/q;;;+2/b;10-5+;;/t8-,9-,10-,11-,12-,13-,14-,15-,16-,17-,18-,19-,20+,21+,22-,23-,24-,25-,26-,27+,28+,29-,30-,31-,32-,33-,34-,35-,36-,37-,38-,39-,40-,41-,42-;;;/m1.../s1. The van der Waals surface area contributed by atoms with E-state index in [1.165, 1.54) is 0 Å². The van der Waals surface area contributed by atoms with E-state index in [9.17, 15) is 112 Å². The summed E-state index contributed by atoms with van der Waals surface area (Å²) in [5, 5.41) is 230. The van der Waals surface area contributed by atoms with Crippen molar-refractivity contribution in [3.8, 4) is 0 Å². The SMILES string of the molecule is O=C(/C=C/[C]1[CH][CH][CH][CH]1)c1ccc(Br)cc1.OC[C@H]1O[C@@H]2O[C@H]3[C@H](O)[C@@H](O)[C@@H](O[C@H]4[C@H](O)[C@@H](O)[C@@H](O[C@H]5[C@H](O)[C@@H](O)[C@@H](O[C@H]6[C@H](O)[C@@H](O)[C@@H](O[C@H]7[C@@H](O)[C@H](O)[C@@H](O[C@H]8[C@@H](O)[C@H](O)[C@@H](O[C@H]1[C@H](O)[C@H]2O)O[C@@H]8CO)O[C@@H]7CO)O[C@@H]6CO)O[C@@H]5CO)O[C@@H]4CO)O[C@@H]3CO.[CH]1[CH][CH][CH][CH]1.[Fe+2]. The van der Waals surface area contributed by atoms with E-state index in [0.717, 1.165) is 10.4 Å². The van der Waals surface area contributed by atoms with Gasteiger partial charge in [-0.2, -0.15) is 0 Å². The van der Waals surface area contributed by atoms with E-state index in [0.29, 0.717) is 5.56 Å². The van der Waals surface area contributed by atoms with E-state index in [2.05, 4.69) is 15.9 Å². The molecule has 23 aliphatic rings. The fourth-order valence-corrected chi connectivity index (χ4v) is 12.4. The van der Waals surface area contributed by atoms with E-state index < -0.39 is 261 Å². The maximum absolute atomic E-state index is 11.7. The van der Waals surface area contributed by atoms with Crippen molar-refractivity contribution in [2.45, 2.75) is 215 Å². The monoisotopic (exact) mass is 1530 g/mol. The second-order valence-electron chi connectivity index (χ2n) is 24.0. The van der Waals surface area contributed by atoms with Crippen molar-refractivity contribution in [3.63, 3.8) is 0 Å². The molecule has 21 N–H and O–H groups in total. The number of halogens is 1. The minimum Gasteiger partial charge on any atom is -0.394 e. The summed E-state index contributed by atoms with van der Waals surface area (Å²) >= 11 is 3.34. The van der Waals surface area contributed by atoms with Crippen molar-refractivity contribution in [1.82, 2.24) is 0 Å². The third-order valence-corrected chi connectivity index (χ3v) is 18.1. The third kappa shape index (κ3) is 19.2.